The Morgan fingerprint density at radius 2 is 1.06 bits per heavy atom. The van der Waals surface area contributed by atoms with Gasteiger partial charge in [-0.1, -0.05) is 11.8 Å². The van der Waals surface area contributed by atoms with Crippen molar-refractivity contribution in [1.29, 1.82) is 0 Å². The molecular formula is C38H32N8O4. The molecule has 2 atom stereocenters. The number of imidazole rings is 2. The molecule has 0 spiro atoms. The highest BCUT2D eigenvalue weighted by atomic mass is 16.2. The van der Waals surface area contributed by atoms with Crippen molar-refractivity contribution in [3.63, 3.8) is 0 Å². The first-order valence-electron chi connectivity index (χ1n) is 16.9. The van der Waals surface area contributed by atoms with E-state index in [1.807, 2.05) is 31.1 Å². The lowest BCUT2D eigenvalue weighted by molar-refractivity contribution is 0.0524. The Balaban J connectivity index is 0.985. The molecule has 0 saturated carbocycles. The second-order valence-electron chi connectivity index (χ2n) is 13.3. The number of aromatic nitrogens is 4. The first-order valence-corrected chi connectivity index (χ1v) is 16.9. The van der Waals surface area contributed by atoms with Gasteiger partial charge in [0.15, 0.2) is 11.4 Å². The second kappa shape index (κ2) is 11.2. The quantitative estimate of drug-likeness (QED) is 0.304. The van der Waals surface area contributed by atoms with Crippen LogP contribution in [-0.4, -0.2) is 102 Å². The Morgan fingerprint density at radius 3 is 1.46 bits per heavy atom. The summed E-state index contributed by atoms with van der Waals surface area (Å²) in [4.78, 5) is 71.9. The second-order valence-corrected chi connectivity index (χ2v) is 13.3. The molecule has 0 bridgehead atoms. The third-order valence-electron chi connectivity index (χ3n) is 10.8. The monoisotopic (exact) mass is 664 g/mol. The van der Waals surface area contributed by atoms with Crippen LogP contribution in [0.25, 0.3) is 11.4 Å². The van der Waals surface area contributed by atoms with Gasteiger partial charge in [0, 0.05) is 50.4 Å². The number of amides is 4. The molecule has 2 aromatic carbocycles. The van der Waals surface area contributed by atoms with Crippen LogP contribution in [-0.2, 0) is 0 Å². The number of hydrogen-bond acceptors (Lipinski definition) is 6. The van der Waals surface area contributed by atoms with Crippen LogP contribution in [0.5, 0.6) is 0 Å². The normalized spacial score (nSPS) is 20.4. The van der Waals surface area contributed by atoms with Gasteiger partial charge in [0.25, 0.3) is 23.6 Å². The van der Waals surface area contributed by atoms with Crippen molar-refractivity contribution < 1.29 is 19.2 Å². The summed E-state index contributed by atoms with van der Waals surface area (Å²) in [5.74, 6) is 4.57. The van der Waals surface area contributed by atoms with Gasteiger partial charge in [-0.15, -0.1) is 12.8 Å². The molecule has 4 aromatic rings. The van der Waals surface area contributed by atoms with Crippen LogP contribution in [0.1, 0.15) is 102 Å². The molecule has 2 aromatic heterocycles. The fourth-order valence-electron chi connectivity index (χ4n) is 8.39. The Kier molecular flexibility index (Phi) is 6.71. The molecule has 5 aliphatic rings. The summed E-state index contributed by atoms with van der Waals surface area (Å²) in [7, 11) is 0. The number of piperazine rings is 1. The van der Waals surface area contributed by atoms with Gasteiger partial charge in [0.05, 0.1) is 46.0 Å². The van der Waals surface area contributed by atoms with Gasteiger partial charge in [-0.2, -0.15) is 0 Å². The highest BCUT2D eigenvalue weighted by molar-refractivity contribution is 6.02. The maximum Gasteiger partial charge on any atom is 0.274 e. The molecule has 0 aliphatic carbocycles. The van der Waals surface area contributed by atoms with Gasteiger partial charge >= 0.3 is 0 Å². The predicted octanol–water partition coefficient (Wildman–Crippen LogP) is 3.20. The first kappa shape index (κ1) is 30.0. The van der Waals surface area contributed by atoms with Gasteiger partial charge in [0.1, 0.15) is 12.7 Å². The zero-order valence-corrected chi connectivity index (χ0v) is 27.2. The van der Waals surface area contributed by atoms with Gasteiger partial charge in [-0.3, -0.25) is 28.3 Å². The fourth-order valence-corrected chi connectivity index (χ4v) is 8.39. The van der Waals surface area contributed by atoms with Crippen LogP contribution in [0, 0.1) is 24.7 Å². The number of benzene rings is 2. The Morgan fingerprint density at radius 1 is 0.640 bits per heavy atom. The molecule has 248 valence electrons. The zero-order chi connectivity index (χ0) is 34.3. The molecule has 3 saturated heterocycles. The fraction of sp³-hybridized carbons (Fsp3) is 0.316. The van der Waals surface area contributed by atoms with E-state index in [-0.39, 0.29) is 35.7 Å². The lowest BCUT2D eigenvalue weighted by atomic mass is 10.1. The van der Waals surface area contributed by atoms with Crippen molar-refractivity contribution in [2.24, 2.45) is 0 Å². The summed E-state index contributed by atoms with van der Waals surface area (Å²) < 4.78 is 3.73. The number of terminal acetylenes is 2. The predicted molar refractivity (Wildman–Crippen MR) is 181 cm³/mol. The van der Waals surface area contributed by atoms with Crippen LogP contribution in [0.2, 0.25) is 0 Å². The van der Waals surface area contributed by atoms with E-state index < -0.39 is 0 Å². The van der Waals surface area contributed by atoms with Crippen LogP contribution < -0.4 is 0 Å². The minimum atomic E-state index is -0.282. The Labute approximate surface area is 288 Å². The summed E-state index contributed by atoms with van der Waals surface area (Å²) >= 11 is 0. The standard InChI is InChI=1S/C38H32N8O4/c1-3-23-9-11-27-25(19-23)35(47)43-13-5-7-29(43)33-31(39-21-45(27)33)37(49)41-15-17-42(18-16-41)38(50)32-34-30-8-6-14-44(30)36(48)26-20-24(4-2)10-12-28(26)46(34)22-40-32/h1-2,9-12,19-22,29-30H,5-8,13-18H2/t29-,30-/m0/s1. The summed E-state index contributed by atoms with van der Waals surface area (Å²) in [6.45, 7) is 2.43. The lowest BCUT2D eigenvalue weighted by Crippen LogP contribution is -2.51. The van der Waals surface area contributed by atoms with Crippen molar-refractivity contribution in [3.05, 3.63) is 94.1 Å². The van der Waals surface area contributed by atoms with E-state index in [0.717, 1.165) is 25.7 Å². The van der Waals surface area contributed by atoms with Gasteiger partial charge < -0.3 is 19.6 Å². The van der Waals surface area contributed by atoms with E-state index in [2.05, 4.69) is 21.8 Å². The van der Waals surface area contributed by atoms with E-state index in [4.69, 9.17) is 12.8 Å². The van der Waals surface area contributed by atoms with Gasteiger partial charge in [0.2, 0.25) is 0 Å². The van der Waals surface area contributed by atoms with E-state index in [1.54, 1.807) is 46.7 Å². The molecule has 3 fully saturated rings. The van der Waals surface area contributed by atoms with E-state index in [1.165, 1.54) is 0 Å². The zero-order valence-electron chi connectivity index (χ0n) is 27.2. The maximum atomic E-state index is 14.1. The number of rotatable bonds is 2. The van der Waals surface area contributed by atoms with Crippen LogP contribution >= 0.6 is 0 Å². The number of carbonyl (C=O) groups excluding carboxylic acids is 4. The topological polar surface area (TPSA) is 117 Å². The van der Waals surface area contributed by atoms with Crippen LogP contribution in [0.4, 0.5) is 0 Å². The maximum absolute atomic E-state index is 14.1. The molecule has 9 rings (SSSR count). The van der Waals surface area contributed by atoms with E-state index in [0.29, 0.717) is 95.7 Å². The summed E-state index contributed by atoms with van der Waals surface area (Å²) in [6, 6.07) is 10.1. The summed E-state index contributed by atoms with van der Waals surface area (Å²) in [6.07, 6.45) is 17.6. The summed E-state index contributed by atoms with van der Waals surface area (Å²) in [5.41, 5.74) is 5.59. The number of fused-ring (bicyclic) bond motifs is 10. The smallest absolute Gasteiger partial charge is 0.274 e. The minimum absolute atomic E-state index is 0.100. The first-order chi connectivity index (χ1) is 24.4. The molecular weight excluding hydrogens is 632 g/mol. The minimum Gasteiger partial charge on any atom is -0.334 e. The van der Waals surface area contributed by atoms with Crippen molar-refractivity contribution in [2.75, 3.05) is 39.3 Å². The van der Waals surface area contributed by atoms with Crippen molar-refractivity contribution in [2.45, 2.75) is 37.8 Å². The molecule has 12 nitrogen and oxygen atoms in total. The highest BCUT2D eigenvalue weighted by Crippen LogP contribution is 2.42. The van der Waals surface area contributed by atoms with Gasteiger partial charge in [-0.05, 0) is 62.1 Å². The lowest BCUT2D eigenvalue weighted by Gasteiger charge is -2.35. The highest BCUT2D eigenvalue weighted by Gasteiger charge is 2.43. The molecule has 7 heterocycles. The van der Waals surface area contributed by atoms with Crippen molar-refractivity contribution >= 4 is 23.6 Å². The molecule has 4 amide bonds. The third-order valence-corrected chi connectivity index (χ3v) is 10.8. The molecule has 0 radical (unpaired) electrons. The molecule has 5 aliphatic heterocycles. The van der Waals surface area contributed by atoms with Crippen molar-refractivity contribution in [1.82, 2.24) is 38.7 Å². The number of carbonyl (C=O) groups is 4. The number of nitrogens with zero attached hydrogens (tertiary/aromatic N) is 8. The van der Waals surface area contributed by atoms with Crippen LogP contribution in [0.15, 0.2) is 49.1 Å². The molecule has 50 heavy (non-hydrogen) atoms. The average molecular weight is 665 g/mol. The Bertz CT molecular complexity index is 2090. The SMILES string of the molecule is C#Cc1ccc2c(c1)C(=O)N1CCC[C@H]1c1c(C(=O)N3CCN(C(=O)c4ncn5c4[C@@H]4CCCN4C(=O)c4cc(C#C)ccc4-5)CC3)ncn1-2. The van der Waals surface area contributed by atoms with Crippen molar-refractivity contribution in [3.8, 4) is 36.1 Å². The molecule has 12 heteroatoms. The van der Waals surface area contributed by atoms with Crippen LogP contribution in [0.3, 0.4) is 0 Å². The molecule has 0 N–H and O–H groups in total. The third kappa shape index (κ3) is 4.27. The molecule has 0 unspecified atom stereocenters. The summed E-state index contributed by atoms with van der Waals surface area (Å²) in [5, 5.41) is 0. The largest absolute Gasteiger partial charge is 0.334 e. The number of hydrogen-bond donors (Lipinski definition) is 0. The van der Waals surface area contributed by atoms with Gasteiger partial charge in [-0.25, -0.2) is 9.97 Å². The van der Waals surface area contributed by atoms with E-state index >= 15 is 0 Å². The Hall–Kier alpha value is -6.14. The average Bonchev–Trinajstić information content (AvgIpc) is 3.97. The van der Waals surface area contributed by atoms with E-state index in [9.17, 15) is 19.2 Å².